The topological polar surface area (TPSA) is 84.2 Å². The number of nitrogens with one attached hydrogen (secondary N) is 2. The third-order valence-electron chi connectivity index (χ3n) is 3.56. The Balaban J connectivity index is 1.99. The van der Waals surface area contributed by atoms with E-state index in [4.69, 9.17) is 5.73 Å². The van der Waals surface area contributed by atoms with Crippen molar-refractivity contribution in [3.63, 3.8) is 0 Å². The second kappa shape index (κ2) is 3.23. The molecule has 1 aromatic rings. The van der Waals surface area contributed by atoms with Crippen LogP contribution >= 0.6 is 0 Å². The number of urea groups is 1. The number of hydrogen-bond donors (Lipinski definition) is 3. The normalized spacial score (nSPS) is 26.6. The molecule has 2 aliphatic rings. The molecule has 0 radical (unpaired) electrons. The van der Waals surface area contributed by atoms with E-state index in [0.717, 1.165) is 12.0 Å². The molecular weight excluding hydrogens is 218 g/mol. The van der Waals surface area contributed by atoms with Crippen LogP contribution in [0.25, 0.3) is 0 Å². The van der Waals surface area contributed by atoms with E-state index in [-0.39, 0.29) is 5.91 Å². The van der Waals surface area contributed by atoms with Gasteiger partial charge in [-0.15, -0.1) is 0 Å². The van der Waals surface area contributed by atoms with E-state index in [9.17, 15) is 9.59 Å². The Morgan fingerprint density at radius 3 is 2.76 bits per heavy atom. The van der Waals surface area contributed by atoms with Crippen molar-refractivity contribution in [3.05, 3.63) is 29.3 Å². The van der Waals surface area contributed by atoms with Gasteiger partial charge in [0.05, 0.1) is 0 Å². The molecule has 1 unspecified atom stereocenters. The molecule has 1 spiro atoms. The third-order valence-corrected chi connectivity index (χ3v) is 3.56. The first-order valence-corrected chi connectivity index (χ1v) is 5.60. The van der Waals surface area contributed by atoms with Crippen LogP contribution in [0.15, 0.2) is 18.2 Å². The summed E-state index contributed by atoms with van der Waals surface area (Å²) in [6, 6.07) is 5.34. The standard InChI is InChI=1S/C12H13N3O2/c13-9-2-1-7-3-4-12(6-8(7)5-9)10(16)14-11(17)15-12/h1-2,5H,3-4,6,13H2,(H2,14,15,16,17). The first-order chi connectivity index (χ1) is 8.09. The molecule has 5 heteroatoms. The first-order valence-electron chi connectivity index (χ1n) is 5.60. The largest absolute Gasteiger partial charge is 0.399 e. The fraction of sp³-hybridized carbons (Fsp3) is 0.333. The van der Waals surface area contributed by atoms with Crippen molar-refractivity contribution in [2.75, 3.05) is 5.73 Å². The van der Waals surface area contributed by atoms with Gasteiger partial charge in [-0.3, -0.25) is 10.1 Å². The molecule has 0 saturated carbocycles. The van der Waals surface area contributed by atoms with E-state index in [2.05, 4.69) is 10.6 Å². The lowest BCUT2D eigenvalue weighted by molar-refractivity contribution is -0.124. The minimum Gasteiger partial charge on any atom is -0.399 e. The summed E-state index contributed by atoms with van der Waals surface area (Å²) in [6.07, 6.45) is 1.94. The molecule has 1 saturated heterocycles. The number of aryl methyl sites for hydroxylation is 1. The second-order valence-corrected chi connectivity index (χ2v) is 4.70. The number of rotatable bonds is 0. The number of carbonyl (C=O) groups is 2. The summed E-state index contributed by atoms with van der Waals surface area (Å²) >= 11 is 0. The Hall–Kier alpha value is -2.04. The first kappa shape index (κ1) is 10.1. The molecule has 1 aromatic carbocycles. The minimum atomic E-state index is -0.766. The van der Waals surface area contributed by atoms with Gasteiger partial charge >= 0.3 is 6.03 Å². The Labute approximate surface area is 98.4 Å². The number of fused-ring (bicyclic) bond motifs is 1. The van der Waals surface area contributed by atoms with E-state index in [0.29, 0.717) is 18.5 Å². The Kier molecular flexibility index (Phi) is 1.92. The maximum Gasteiger partial charge on any atom is 0.322 e. The highest BCUT2D eigenvalue weighted by atomic mass is 16.2. The summed E-state index contributed by atoms with van der Waals surface area (Å²) < 4.78 is 0. The highest BCUT2D eigenvalue weighted by Gasteiger charge is 2.47. The van der Waals surface area contributed by atoms with Gasteiger partial charge in [0.15, 0.2) is 0 Å². The van der Waals surface area contributed by atoms with Crippen LogP contribution < -0.4 is 16.4 Å². The molecule has 4 N–H and O–H groups in total. The van der Waals surface area contributed by atoms with Crippen LogP contribution in [-0.4, -0.2) is 17.5 Å². The lowest BCUT2D eigenvalue weighted by atomic mass is 9.78. The fourth-order valence-electron chi connectivity index (χ4n) is 2.64. The molecule has 1 atom stereocenters. The maximum absolute atomic E-state index is 11.8. The van der Waals surface area contributed by atoms with E-state index in [1.165, 1.54) is 5.56 Å². The van der Waals surface area contributed by atoms with Gasteiger partial charge in [-0.1, -0.05) is 6.07 Å². The maximum atomic E-state index is 11.8. The number of anilines is 1. The van der Waals surface area contributed by atoms with Crippen molar-refractivity contribution >= 4 is 17.6 Å². The van der Waals surface area contributed by atoms with Gasteiger partial charge in [0.2, 0.25) is 0 Å². The summed E-state index contributed by atoms with van der Waals surface area (Å²) in [6.45, 7) is 0. The van der Waals surface area contributed by atoms with E-state index >= 15 is 0 Å². The van der Waals surface area contributed by atoms with E-state index in [1.54, 1.807) is 0 Å². The Morgan fingerprint density at radius 1 is 1.24 bits per heavy atom. The second-order valence-electron chi connectivity index (χ2n) is 4.70. The summed E-state index contributed by atoms with van der Waals surface area (Å²) in [5.41, 5.74) is 7.92. The zero-order valence-electron chi connectivity index (χ0n) is 9.25. The van der Waals surface area contributed by atoms with Gasteiger partial charge in [0.25, 0.3) is 5.91 Å². The van der Waals surface area contributed by atoms with Crippen molar-refractivity contribution in [3.8, 4) is 0 Å². The number of nitrogens with two attached hydrogens (primary N) is 1. The number of imide groups is 1. The molecule has 1 fully saturated rings. The highest BCUT2D eigenvalue weighted by molar-refractivity contribution is 6.07. The fourth-order valence-corrected chi connectivity index (χ4v) is 2.64. The van der Waals surface area contributed by atoms with Crippen LogP contribution in [0.5, 0.6) is 0 Å². The molecule has 3 amide bonds. The Morgan fingerprint density at radius 2 is 2.06 bits per heavy atom. The number of hydrogen-bond acceptors (Lipinski definition) is 3. The monoisotopic (exact) mass is 231 g/mol. The van der Waals surface area contributed by atoms with E-state index < -0.39 is 11.6 Å². The summed E-state index contributed by atoms with van der Waals surface area (Å²) in [5.74, 6) is -0.226. The lowest BCUT2D eigenvalue weighted by Crippen LogP contribution is -2.51. The molecule has 5 nitrogen and oxygen atoms in total. The quantitative estimate of drug-likeness (QED) is 0.444. The minimum absolute atomic E-state index is 0.226. The molecule has 0 bridgehead atoms. The molecule has 88 valence electrons. The van der Waals surface area contributed by atoms with Crippen LogP contribution in [-0.2, 0) is 17.6 Å². The average Bonchev–Trinajstić information content (AvgIpc) is 2.53. The van der Waals surface area contributed by atoms with Crippen LogP contribution in [0.1, 0.15) is 17.5 Å². The predicted octanol–water partition coefficient (Wildman–Crippen LogP) is 0.336. The molecule has 17 heavy (non-hydrogen) atoms. The van der Waals surface area contributed by atoms with Gasteiger partial charge in [-0.2, -0.15) is 0 Å². The van der Waals surface area contributed by atoms with Gasteiger partial charge in [-0.25, -0.2) is 4.79 Å². The zero-order chi connectivity index (χ0) is 12.0. The summed E-state index contributed by atoms with van der Waals surface area (Å²) in [5, 5.41) is 5.04. The lowest BCUT2D eigenvalue weighted by Gasteiger charge is -2.31. The van der Waals surface area contributed by atoms with Crippen LogP contribution in [0.4, 0.5) is 10.5 Å². The number of benzene rings is 1. The number of nitrogen functional groups attached to an aromatic ring is 1. The van der Waals surface area contributed by atoms with Crippen LogP contribution in [0.2, 0.25) is 0 Å². The highest BCUT2D eigenvalue weighted by Crippen LogP contribution is 2.31. The molecule has 1 heterocycles. The van der Waals surface area contributed by atoms with Gasteiger partial charge < -0.3 is 11.1 Å². The van der Waals surface area contributed by atoms with Gasteiger partial charge in [0.1, 0.15) is 5.54 Å². The van der Waals surface area contributed by atoms with Crippen molar-refractivity contribution in [1.82, 2.24) is 10.6 Å². The smallest absolute Gasteiger partial charge is 0.322 e. The van der Waals surface area contributed by atoms with Crippen LogP contribution in [0.3, 0.4) is 0 Å². The Bertz CT molecular complexity index is 526. The van der Waals surface area contributed by atoms with Gasteiger partial charge in [0, 0.05) is 12.1 Å². The van der Waals surface area contributed by atoms with Crippen molar-refractivity contribution < 1.29 is 9.59 Å². The third kappa shape index (κ3) is 1.46. The van der Waals surface area contributed by atoms with Crippen molar-refractivity contribution in [2.45, 2.75) is 24.8 Å². The number of amides is 3. The van der Waals surface area contributed by atoms with Crippen molar-refractivity contribution in [1.29, 1.82) is 0 Å². The zero-order valence-corrected chi connectivity index (χ0v) is 9.25. The summed E-state index contributed by atoms with van der Waals surface area (Å²) in [7, 11) is 0. The van der Waals surface area contributed by atoms with Crippen LogP contribution in [0, 0.1) is 0 Å². The average molecular weight is 231 g/mol. The molecular formula is C12H13N3O2. The van der Waals surface area contributed by atoms with Crippen molar-refractivity contribution in [2.24, 2.45) is 0 Å². The number of carbonyl (C=O) groups excluding carboxylic acids is 2. The molecule has 1 aliphatic heterocycles. The predicted molar refractivity (Wildman–Crippen MR) is 62.3 cm³/mol. The molecule has 3 rings (SSSR count). The van der Waals surface area contributed by atoms with E-state index in [1.807, 2.05) is 18.2 Å². The molecule has 0 aromatic heterocycles. The summed E-state index contributed by atoms with van der Waals surface area (Å²) in [4.78, 5) is 23.1. The van der Waals surface area contributed by atoms with Gasteiger partial charge in [-0.05, 0) is 36.1 Å². The SMILES string of the molecule is Nc1ccc2c(c1)CC1(CC2)NC(=O)NC1=O. The molecule has 1 aliphatic carbocycles.